The molecule has 0 radical (unpaired) electrons. The van der Waals surface area contributed by atoms with Gasteiger partial charge in [0.1, 0.15) is 23.6 Å². The van der Waals surface area contributed by atoms with E-state index in [0.29, 0.717) is 24.3 Å². The van der Waals surface area contributed by atoms with Gasteiger partial charge in [-0.1, -0.05) is 18.2 Å². The van der Waals surface area contributed by atoms with Crippen molar-refractivity contribution in [3.05, 3.63) is 59.2 Å². The zero-order valence-corrected chi connectivity index (χ0v) is 17.2. The molecule has 1 saturated heterocycles. The second-order valence-electron chi connectivity index (χ2n) is 7.40. The van der Waals surface area contributed by atoms with E-state index in [4.69, 9.17) is 4.74 Å². The van der Waals surface area contributed by atoms with Crippen LogP contribution in [0.5, 0.6) is 11.5 Å². The molecule has 0 aliphatic carbocycles. The molecule has 8 heteroatoms. The maximum absolute atomic E-state index is 13.0. The van der Waals surface area contributed by atoms with Gasteiger partial charge < -0.3 is 20.5 Å². The number of hydrogen-bond donors (Lipinski definition) is 3. The van der Waals surface area contributed by atoms with Crippen molar-refractivity contribution in [2.24, 2.45) is 0 Å². The van der Waals surface area contributed by atoms with Crippen LogP contribution in [-0.4, -0.2) is 48.1 Å². The summed E-state index contributed by atoms with van der Waals surface area (Å²) in [5, 5.41) is 14.7. The molecule has 158 valence electrons. The summed E-state index contributed by atoms with van der Waals surface area (Å²) in [6.45, 7) is 3.47. The topological polar surface area (TPSA) is 108 Å². The van der Waals surface area contributed by atoms with Gasteiger partial charge in [-0.15, -0.1) is 0 Å². The van der Waals surface area contributed by atoms with E-state index in [2.05, 4.69) is 10.6 Å². The minimum atomic E-state index is -1.25. The largest absolute Gasteiger partial charge is 0.508 e. The van der Waals surface area contributed by atoms with Crippen LogP contribution >= 0.6 is 0 Å². The number of imide groups is 1. The number of nitrogens with one attached hydrogen (secondary N) is 2. The fourth-order valence-electron chi connectivity index (χ4n) is 3.43. The van der Waals surface area contributed by atoms with Crippen molar-refractivity contribution in [1.29, 1.82) is 0 Å². The average Bonchev–Trinajstić information content (AvgIpc) is 2.93. The summed E-state index contributed by atoms with van der Waals surface area (Å²) >= 11 is 0. The number of nitrogens with zero attached hydrogens (tertiary/aromatic N) is 1. The number of phenols is 1. The van der Waals surface area contributed by atoms with Crippen LogP contribution in [-0.2, 0) is 21.5 Å². The first-order valence-corrected chi connectivity index (χ1v) is 9.58. The molecule has 0 spiro atoms. The van der Waals surface area contributed by atoms with Crippen LogP contribution in [0.1, 0.15) is 23.6 Å². The molecule has 1 aliphatic rings. The van der Waals surface area contributed by atoms with Crippen molar-refractivity contribution in [3.8, 4) is 11.5 Å². The van der Waals surface area contributed by atoms with Crippen LogP contribution in [0.2, 0.25) is 0 Å². The fourth-order valence-corrected chi connectivity index (χ4v) is 3.43. The lowest BCUT2D eigenvalue weighted by Crippen LogP contribution is -2.43. The van der Waals surface area contributed by atoms with E-state index in [0.717, 1.165) is 16.0 Å². The Kier molecular flexibility index (Phi) is 5.96. The number of ether oxygens (including phenoxy) is 1. The Balaban J connectivity index is 1.62. The predicted molar refractivity (Wildman–Crippen MR) is 110 cm³/mol. The molecule has 2 aromatic rings. The molecule has 3 rings (SSSR count). The molecule has 1 unspecified atom stereocenters. The summed E-state index contributed by atoms with van der Waals surface area (Å²) in [5.74, 6) is -0.0429. The summed E-state index contributed by atoms with van der Waals surface area (Å²) in [5.41, 5.74) is 1.16. The number of hydrogen-bond acceptors (Lipinski definition) is 5. The molecule has 4 amide bonds. The third kappa shape index (κ3) is 4.22. The highest BCUT2D eigenvalue weighted by atomic mass is 16.5. The number of aryl methyl sites for hydroxylation is 1. The number of benzene rings is 2. The highest BCUT2D eigenvalue weighted by molar-refractivity contribution is 6.09. The molecule has 2 aromatic carbocycles. The van der Waals surface area contributed by atoms with Crippen molar-refractivity contribution in [2.75, 3.05) is 20.2 Å². The van der Waals surface area contributed by atoms with Gasteiger partial charge in [0.2, 0.25) is 5.91 Å². The SMILES string of the molecule is COc1ccc(C2(C)NC(=O)N(CC(=O)NCCc3ccc(O)cc3)C2=O)cc1C. The van der Waals surface area contributed by atoms with Crippen molar-refractivity contribution in [1.82, 2.24) is 15.5 Å². The molecule has 30 heavy (non-hydrogen) atoms. The molecular formula is C22H25N3O5. The maximum atomic E-state index is 13.0. The molecule has 0 saturated carbocycles. The van der Waals surface area contributed by atoms with E-state index < -0.39 is 23.4 Å². The Morgan fingerprint density at radius 1 is 1.20 bits per heavy atom. The Labute approximate surface area is 174 Å². The Morgan fingerprint density at radius 3 is 2.53 bits per heavy atom. The first kappa shape index (κ1) is 21.2. The highest BCUT2D eigenvalue weighted by Gasteiger charge is 2.49. The minimum absolute atomic E-state index is 0.177. The van der Waals surface area contributed by atoms with Gasteiger partial charge in [0.05, 0.1) is 7.11 Å². The molecule has 3 N–H and O–H groups in total. The molecular weight excluding hydrogens is 386 g/mol. The molecule has 8 nitrogen and oxygen atoms in total. The lowest BCUT2D eigenvalue weighted by molar-refractivity contribution is -0.134. The smallest absolute Gasteiger partial charge is 0.325 e. The maximum Gasteiger partial charge on any atom is 0.325 e. The third-order valence-corrected chi connectivity index (χ3v) is 5.22. The molecule has 1 atom stereocenters. The predicted octanol–water partition coefficient (Wildman–Crippen LogP) is 1.84. The second kappa shape index (κ2) is 8.44. The van der Waals surface area contributed by atoms with E-state index in [1.54, 1.807) is 56.5 Å². The third-order valence-electron chi connectivity index (χ3n) is 5.22. The zero-order valence-electron chi connectivity index (χ0n) is 17.2. The van der Waals surface area contributed by atoms with Gasteiger partial charge in [-0.2, -0.15) is 0 Å². The number of carbonyl (C=O) groups excluding carboxylic acids is 3. The summed E-state index contributed by atoms with van der Waals surface area (Å²) in [6.07, 6.45) is 0.564. The molecule has 1 aliphatic heterocycles. The summed E-state index contributed by atoms with van der Waals surface area (Å²) in [6, 6.07) is 11.3. The van der Waals surface area contributed by atoms with Crippen LogP contribution in [0.25, 0.3) is 0 Å². The minimum Gasteiger partial charge on any atom is -0.508 e. The van der Waals surface area contributed by atoms with Gasteiger partial charge in [0.15, 0.2) is 0 Å². The van der Waals surface area contributed by atoms with Crippen LogP contribution in [0.15, 0.2) is 42.5 Å². The molecule has 0 bridgehead atoms. The number of urea groups is 1. The van der Waals surface area contributed by atoms with E-state index >= 15 is 0 Å². The number of phenolic OH excluding ortho intramolecular Hbond substituents is 1. The van der Waals surface area contributed by atoms with Gasteiger partial charge >= 0.3 is 6.03 Å². The Hall–Kier alpha value is -3.55. The number of amides is 4. The van der Waals surface area contributed by atoms with Crippen LogP contribution in [0, 0.1) is 6.92 Å². The monoisotopic (exact) mass is 411 g/mol. The number of methoxy groups -OCH3 is 1. The first-order chi connectivity index (χ1) is 14.2. The number of carbonyl (C=O) groups is 3. The summed E-state index contributed by atoms with van der Waals surface area (Å²) < 4.78 is 5.24. The van der Waals surface area contributed by atoms with Crippen molar-refractivity contribution >= 4 is 17.8 Å². The Bertz CT molecular complexity index is 973. The van der Waals surface area contributed by atoms with Crippen molar-refractivity contribution < 1.29 is 24.2 Å². The Morgan fingerprint density at radius 2 is 1.90 bits per heavy atom. The summed E-state index contributed by atoms with van der Waals surface area (Å²) in [7, 11) is 1.56. The van der Waals surface area contributed by atoms with Crippen molar-refractivity contribution in [3.63, 3.8) is 0 Å². The van der Waals surface area contributed by atoms with Crippen LogP contribution in [0.4, 0.5) is 4.79 Å². The molecule has 1 fully saturated rings. The fraction of sp³-hybridized carbons (Fsp3) is 0.318. The van der Waals surface area contributed by atoms with E-state index in [9.17, 15) is 19.5 Å². The van der Waals surface area contributed by atoms with E-state index in [1.165, 1.54) is 0 Å². The van der Waals surface area contributed by atoms with Crippen molar-refractivity contribution in [2.45, 2.75) is 25.8 Å². The first-order valence-electron chi connectivity index (χ1n) is 9.58. The van der Waals surface area contributed by atoms with E-state index in [-0.39, 0.29) is 12.3 Å². The summed E-state index contributed by atoms with van der Waals surface area (Å²) in [4.78, 5) is 38.6. The molecule has 0 aromatic heterocycles. The normalized spacial score (nSPS) is 18.3. The van der Waals surface area contributed by atoms with Gasteiger partial charge in [0.25, 0.3) is 5.91 Å². The zero-order chi connectivity index (χ0) is 21.9. The van der Waals surface area contributed by atoms with Crippen LogP contribution in [0.3, 0.4) is 0 Å². The average molecular weight is 411 g/mol. The van der Waals surface area contributed by atoms with Gasteiger partial charge in [-0.05, 0) is 61.2 Å². The van der Waals surface area contributed by atoms with Gasteiger partial charge in [-0.25, -0.2) is 4.79 Å². The quantitative estimate of drug-likeness (QED) is 0.603. The lowest BCUT2D eigenvalue weighted by Gasteiger charge is -2.23. The number of rotatable bonds is 7. The lowest BCUT2D eigenvalue weighted by atomic mass is 9.90. The number of aromatic hydroxyl groups is 1. The van der Waals surface area contributed by atoms with Gasteiger partial charge in [0, 0.05) is 6.54 Å². The molecule has 1 heterocycles. The van der Waals surface area contributed by atoms with Gasteiger partial charge in [-0.3, -0.25) is 14.5 Å². The van der Waals surface area contributed by atoms with Crippen LogP contribution < -0.4 is 15.4 Å². The second-order valence-corrected chi connectivity index (χ2v) is 7.40. The van der Waals surface area contributed by atoms with E-state index in [1.807, 2.05) is 6.92 Å². The standard InChI is InChI=1S/C22H25N3O5/c1-14-12-16(6-9-18(14)30-3)22(2)20(28)25(21(29)24-22)13-19(27)23-11-10-15-4-7-17(26)8-5-15/h4-9,12,26H,10-11,13H2,1-3H3,(H,23,27)(H,24,29). The highest BCUT2D eigenvalue weighted by Crippen LogP contribution is 2.31.